The maximum atomic E-state index is 13.8. The van der Waals surface area contributed by atoms with Crippen LogP contribution in [0.2, 0.25) is 5.02 Å². The summed E-state index contributed by atoms with van der Waals surface area (Å²) in [5.41, 5.74) is 4.62. The van der Waals surface area contributed by atoms with E-state index in [1.807, 2.05) is 53.2 Å². The van der Waals surface area contributed by atoms with Crippen molar-refractivity contribution in [1.82, 2.24) is 30.1 Å². The Morgan fingerprint density at radius 1 is 1.08 bits per heavy atom. The predicted octanol–water partition coefficient (Wildman–Crippen LogP) is 6.28. The quantitative estimate of drug-likeness (QED) is 0.248. The van der Waals surface area contributed by atoms with Crippen LogP contribution in [0.15, 0.2) is 70.1 Å². The van der Waals surface area contributed by atoms with Crippen LogP contribution in [0, 0.1) is 13.8 Å². The molecule has 5 aromatic rings. The highest BCUT2D eigenvalue weighted by molar-refractivity contribution is 6.30. The average molecular weight is 543 g/mol. The Balaban J connectivity index is 1.54. The first-order valence-corrected chi connectivity index (χ1v) is 13.8. The van der Waals surface area contributed by atoms with Gasteiger partial charge in [-0.3, -0.25) is 9.69 Å². The molecule has 8 nitrogen and oxygen atoms in total. The number of hydrogen-bond acceptors (Lipinski definition) is 6. The lowest BCUT2D eigenvalue weighted by atomic mass is 9.99. The molecule has 0 spiro atoms. The van der Waals surface area contributed by atoms with Crippen molar-refractivity contribution >= 4 is 22.5 Å². The minimum atomic E-state index is -0.517. The van der Waals surface area contributed by atoms with Crippen LogP contribution in [0.3, 0.4) is 0 Å². The van der Waals surface area contributed by atoms with Crippen molar-refractivity contribution in [2.45, 2.75) is 64.7 Å². The Bertz CT molecular complexity index is 1630. The summed E-state index contributed by atoms with van der Waals surface area (Å²) < 4.78 is 7.72. The van der Waals surface area contributed by atoms with Crippen LogP contribution in [-0.2, 0) is 13.1 Å². The Kier molecular flexibility index (Phi) is 7.06. The van der Waals surface area contributed by atoms with Crippen molar-refractivity contribution in [2.24, 2.45) is 0 Å². The standard InChI is InChI=1S/C30H31ClN6O2/c1-19-14-22-16-26(30(38)32-27(22)15-20(19)2)28(29-33-34-35-37(29)24-6-3-4-7-24)36(18-25-8-5-13-39-25)17-21-9-11-23(31)12-10-21/h5,8-16,24,28H,3-4,6-7,17-18H2,1-2H3,(H,32,38)/t28-/m1/s1. The number of halogens is 1. The van der Waals surface area contributed by atoms with Crippen LogP contribution in [0.25, 0.3) is 10.9 Å². The molecule has 2 aromatic carbocycles. The third-order valence-electron chi connectivity index (χ3n) is 7.82. The van der Waals surface area contributed by atoms with Crippen LogP contribution in [0.1, 0.15) is 71.6 Å². The smallest absolute Gasteiger partial charge is 0.253 e. The summed E-state index contributed by atoms with van der Waals surface area (Å²) in [4.78, 5) is 19.1. The molecule has 1 saturated carbocycles. The van der Waals surface area contributed by atoms with E-state index in [1.54, 1.807) is 6.26 Å². The second-order valence-corrected chi connectivity index (χ2v) is 10.9. The molecule has 1 atom stereocenters. The molecule has 1 aliphatic carbocycles. The van der Waals surface area contributed by atoms with Crippen LogP contribution in [-0.4, -0.2) is 30.1 Å². The van der Waals surface area contributed by atoms with E-state index in [9.17, 15) is 4.79 Å². The fraction of sp³-hybridized carbons (Fsp3) is 0.333. The van der Waals surface area contributed by atoms with E-state index in [-0.39, 0.29) is 11.6 Å². The van der Waals surface area contributed by atoms with Gasteiger partial charge in [-0.25, -0.2) is 4.68 Å². The Morgan fingerprint density at radius 3 is 2.59 bits per heavy atom. The number of hydrogen-bond donors (Lipinski definition) is 1. The lowest BCUT2D eigenvalue weighted by molar-refractivity contribution is 0.176. The van der Waals surface area contributed by atoms with Gasteiger partial charge in [0.05, 0.1) is 18.8 Å². The number of aromatic nitrogens is 5. The molecule has 0 amide bonds. The number of nitrogens with zero attached hydrogens (tertiary/aromatic N) is 5. The third kappa shape index (κ3) is 5.27. The molecule has 3 aromatic heterocycles. The highest BCUT2D eigenvalue weighted by Gasteiger charge is 2.34. The van der Waals surface area contributed by atoms with Gasteiger partial charge in [0.1, 0.15) is 11.8 Å². The number of furan rings is 1. The second-order valence-electron chi connectivity index (χ2n) is 10.5. The average Bonchev–Trinajstić information content (AvgIpc) is 3.70. The maximum absolute atomic E-state index is 13.8. The number of fused-ring (bicyclic) bond motifs is 1. The number of nitrogens with one attached hydrogen (secondary N) is 1. The molecule has 3 heterocycles. The fourth-order valence-electron chi connectivity index (χ4n) is 5.65. The van der Waals surface area contributed by atoms with Crippen molar-refractivity contribution in [2.75, 3.05) is 0 Å². The zero-order valence-corrected chi connectivity index (χ0v) is 22.9. The summed E-state index contributed by atoms with van der Waals surface area (Å²) in [6.45, 7) is 5.13. The Labute approximate surface area is 231 Å². The van der Waals surface area contributed by atoms with Crippen molar-refractivity contribution in [1.29, 1.82) is 0 Å². The molecule has 200 valence electrons. The van der Waals surface area contributed by atoms with E-state index in [2.05, 4.69) is 45.3 Å². The number of aryl methyl sites for hydroxylation is 2. The van der Waals surface area contributed by atoms with Crippen molar-refractivity contribution in [3.63, 3.8) is 0 Å². The third-order valence-corrected chi connectivity index (χ3v) is 8.07. The number of H-pyrrole nitrogens is 1. The summed E-state index contributed by atoms with van der Waals surface area (Å²) in [5, 5.41) is 14.7. The first-order valence-electron chi connectivity index (χ1n) is 13.4. The summed E-state index contributed by atoms with van der Waals surface area (Å²) in [5.74, 6) is 1.45. The molecule has 0 bridgehead atoms. The summed E-state index contributed by atoms with van der Waals surface area (Å²) in [6.07, 6.45) is 6.00. The van der Waals surface area contributed by atoms with Gasteiger partial charge in [0.2, 0.25) is 0 Å². The van der Waals surface area contributed by atoms with Gasteiger partial charge in [0, 0.05) is 22.6 Å². The molecular weight excluding hydrogens is 512 g/mol. The molecule has 6 rings (SSSR count). The lowest BCUT2D eigenvalue weighted by Crippen LogP contribution is -2.35. The Hall–Kier alpha value is -3.75. The fourth-order valence-corrected chi connectivity index (χ4v) is 5.78. The zero-order valence-electron chi connectivity index (χ0n) is 22.1. The van der Waals surface area contributed by atoms with E-state index < -0.39 is 6.04 Å². The van der Waals surface area contributed by atoms with Gasteiger partial charge >= 0.3 is 0 Å². The summed E-state index contributed by atoms with van der Waals surface area (Å²) >= 11 is 6.19. The van der Waals surface area contributed by atoms with Gasteiger partial charge in [-0.1, -0.05) is 36.6 Å². The van der Waals surface area contributed by atoms with Gasteiger partial charge in [-0.2, -0.15) is 0 Å². The summed E-state index contributed by atoms with van der Waals surface area (Å²) in [7, 11) is 0. The van der Waals surface area contributed by atoms with Crippen molar-refractivity contribution in [3.05, 3.63) is 110 Å². The van der Waals surface area contributed by atoms with Crippen molar-refractivity contribution in [3.8, 4) is 0 Å². The van der Waals surface area contributed by atoms with Gasteiger partial charge in [-0.05, 0) is 102 Å². The largest absolute Gasteiger partial charge is 0.468 e. The van der Waals surface area contributed by atoms with E-state index in [0.29, 0.717) is 29.5 Å². The normalized spacial score (nSPS) is 15.0. The molecule has 1 fully saturated rings. The number of aromatic amines is 1. The first kappa shape index (κ1) is 25.5. The van der Waals surface area contributed by atoms with Crippen LogP contribution >= 0.6 is 11.6 Å². The van der Waals surface area contributed by atoms with Crippen LogP contribution in [0.5, 0.6) is 0 Å². The minimum absolute atomic E-state index is 0.155. The van der Waals surface area contributed by atoms with Gasteiger partial charge in [0.15, 0.2) is 5.82 Å². The molecule has 0 saturated heterocycles. The van der Waals surface area contributed by atoms with Crippen LogP contribution in [0.4, 0.5) is 0 Å². The van der Waals surface area contributed by atoms with E-state index in [0.717, 1.165) is 53.5 Å². The molecule has 0 unspecified atom stereocenters. The first-order chi connectivity index (χ1) is 19.0. The molecule has 0 radical (unpaired) electrons. The van der Waals surface area contributed by atoms with Gasteiger partial charge < -0.3 is 9.40 Å². The number of tetrazole rings is 1. The Morgan fingerprint density at radius 2 is 1.85 bits per heavy atom. The van der Waals surface area contributed by atoms with Gasteiger partial charge in [-0.15, -0.1) is 5.10 Å². The maximum Gasteiger partial charge on any atom is 0.253 e. The summed E-state index contributed by atoms with van der Waals surface area (Å²) in [6, 6.07) is 17.4. The molecule has 0 aliphatic heterocycles. The number of rotatable bonds is 8. The zero-order chi connectivity index (χ0) is 26.9. The van der Waals surface area contributed by atoms with E-state index >= 15 is 0 Å². The molecule has 1 N–H and O–H groups in total. The van der Waals surface area contributed by atoms with Gasteiger partial charge in [0.25, 0.3) is 5.56 Å². The lowest BCUT2D eigenvalue weighted by Gasteiger charge is -2.31. The molecular formula is C30H31ClN6O2. The van der Waals surface area contributed by atoms with Crippen molar-refractivity contribution < 1.29 is 4.42 Å². The second kappa shape index (κ2) is 10.8. The highest BCUT2D eigenvalue weighted by atomic mass is 35.5. The number of benzene rings is 2. The van der Waals surface area contributed by atoms with E-state index in [4.69, 9.17) is 16.0 Å². The highest BCUT2D eigenvalue weighted by Crippen LogP contribution is 2.35. The molecule has 1 aliphatic rings. The monoisotopic (exact) mass is 542 g/mol. The minimum Gasteiger partial charge on any atom is -0.468 e. The molecule has 9 heteroatoms. The SMILES string of the molecule is Cc1cc2cc([C@H](c3nnnn3C3CCCC3)N(Cc3ccc(Cl)cc3)Cc3ccco3)c(=O)[nH]c2cc1C. The van der Waals surface area contributed by atoms with E-state index in [1.165, 1.54) is 5.56 Å². The van der Waals surface area contributed by atoms with Crippen LogP contribution < -0.4 is 5.56 Å². The predicted molar refractivity (Wildman–Crippen MR) is 151 cm³/mol. The topological polar surface area (TPSA) is 92.8 Å². The number of pyridine rings is 1. The molecule has 39 heavy (non-hydrogen) atoms.